The number of benzene rings is 2. The van der Waals surface area contributed by atoms with Gasteiger partial charge in [-0.2, -0.15) is 0 Å². The van der Waals surface area contributed by atoms with Gasteiger partial charge >= 0.3 is 0 Å². The molecule has 130 valence electrons. The highest BCUT2D eigenvalue weighted by Gasteiger charge is 2.28. The number of carbonyl (C=O) groups excluding carboxylic acids is 2. The lowest BCUT2D eigenvalue weighted by Gasteiger charge is -2.27. The van der Waals surface area contributed by atoms with Gasteiger partial charge in [-0.25, -0.2) is 8.78 Å². The van der Waals surface area contributed by atoms with Crippen LogP contribution in [0.4, 0.5) is 14.5 Å². The van der Waals surface area contributed by atoms with Crippen LogP contribution in [-0.4, -0.2) is 30.3 Å². The summed E-state index contributed by atoms with van der Waals surface area (Å²) in [6.45, 7) is 0.532. The van der Waals surface area contributed by atoms with Crippen LogP contribution < -0.4 is 5.32 Å². The zero-order valence-electron chi connectivity index (χ0n) is 13.8. The Kier molecular flexibility index (Phi) is 4.79. The molecule has 0 aliphatic carbocycles. The molecule has 1 aliphatic heterocycles. The Labute approximate surface area is 144 Å². The highest BCUT2D eigenvalue weighted by atomic mass is 19.1. The van der Waals surface area contributed by atoms with Crippen molar-refractivity contribution in [2.75, 3.05) is 18.9 Å². The molecule has 1 N–H and O–H groups in total. The number of carbonyl (C=O) groups is 2. The van der Waals surface area contributed by atoms with Gasteiger partial charge in [0.05, 0.1) is 0 Å². The van der Waals surface area contributed by atoms with Crippen molar-refractivity contribution in [1.29, 1.82) is 0 Å². The topological polar surface area (TPSA) is 49.4 Å². The monoisotopic (exact) mass is 344 g/mol. The molecule has 4 nitrogen and oxygen atoms in total. The molecular formula is C19H18F2N2O2. The van der Waals surface area contributed by atoms with Crippen LogP contribution in [0.5, 0.6) is 0 Å². The number of nitrogens with zero attached hydrogens (tertiary/aromatic N) is 1. The maximum atomic E-state index is 14.3. The van der Waals surface area contributed by atoms with E-state index in [-0.39, 0.29) is 23.8 Å². The lowest BCUT2D eigenvalue weighted by atomic mass is 9.95. The molecule has 1 heterocycles. The molecule has 2 amide bonds. The number of likely N-dealkylation sites (tertiary alicyclic amines) is 1. The fourth-order valence-electron chi connectivity index (χ4n) is 2.89. The predicted octanol–water partition coefficient (Wildman–Crippen LogP) is 3.44. The van der Waals surface area contributed by atoms with Crippen LogP contribution in [0.3, 0.4) is 0 Å². The second kappa shape index (κ2) is 7.01. The second-order valence-corrected chi connectivity index (χ2v) is 6.20. The summed E-state index contributed by atoms with van der Waals surface area (Å²) in [6, 6.07) is 9.94. The first-order chi connectivity index (χ1) is 11.9. The van der Waals surface area contributed by atoms with Crippen molar-refractivity contribution in [2.24, 2.45) is 5.92 Å². The van der Waals surface area contributed by atoms with Crippen LogP contribution in [0, 0.1) is 17.6 Å². The van der Waals surface area contributed by atoms with E-state index in [9.17, 15) is 18.4 Å². The summed E-state index contributed by atoms with van der Waals surface area (Å²) in [7, 11) is 1.71. The van der Waals surface area contributed by atoms with Gasteiger partial charge in [0.1, 0.15) is 11.6 Å². The van der Waals surface area contributed by atoms with E-state index in [0.29, 0.717) is 24.2 Å². The zero-order chi connectivity index (χ0) is 18.0. The second-order valence-electron chi connectivity index (χ2n) is 6.20. The van der Waals surface area contributed by atoms with Crippen molar-refractivity contribution >= 4 is 17.5 Å². The lowest BCUT2D eigenvalue weighted by molar-refractivity contribution is -0.137. The number of piperidine rings is 1. The van der Waals surface area contributed by atoms with Gasteiger partial charge in [-0.1, -0.05) is 12.1 Å². The molecule has 1 saturated heterocycles. The fourth-order valence-corrected chi connectivity index (χ4v) is 2.89. The van der Waals surface area contributed by atoms with Gasteiger partial charge in [-0.3, -0.25) is 9.59 Å². The molecule has 0 saturated carbocycles. The van der Waals surface area contributed by atoms with E-state index >= 15 is 0 Å². The SMILES string of the molecule is CN1CCC(C(=O)Nc2ccc(-c3cccc(F)c3)c(F)c2)CC1=O. The van der Waals surface area contributed by atoms with Crippen molar-refractivity contribution in [1.82, 2.24) is 4.90 Å². The maximum Gasteiger partial charge on any atom is 0.228 e. The minimum absolute atomic E-state index is 0.0703. The summed E-state index contributed by atoms with van der Waals surface area (Å²) >= 11 is 0. The number of hydrogen-bond donors (Lipinski definition) is 1. The van der Waals surface area contributed by atoms with E-state index in [1.165, 1.54) is 30.3 Å². The molecule has 0 bridgehead atoms. The minimum atomic E-state index is -0.553. The number of amides is 2. The van der Waals surface area contributed by atoms with Crippen molar-refractivity contribution in [3.8, 4) is 11.1 Å². The van der Waals surface area contributed by atoms with Crippen molar-refractivity contribution in [3.63, 3.8) is 0 Å². The first-order valence-corrected chi connectivity index (χ1v) is 8.04. The van der Waals surface area contributed by atoms with E-state index in [4.69, 9.17) is 0 Å². The van der Waals surface area contributed by atoms with Gasteiger partial charge in [0.2, 0.25) is 11.8 Å². The number of nitrogens with one attached hydrogen (secondary N) is 1. The summed E-state index contributed by atoms with van der Waals surface area (Å²) in [5.74, 6) is -1.77. The smallest absolute Gasteiger partial charge is 0.228 e. The standard InChI is InChI=1S/C19H18F2N2O2/c1-23-8-7-13(10-18(23)24)19(25)22-15-5-6-16(17(21)11-15)12-3-2-4-14(20)9-12/h2-6,9,11,13H,7-8,10H2,1H3,(H,22,25). The van der Waals surface area contributed by atoms with Crippen molar-refractivity contribution in [3.05, 3.63) is 54.1 Å². The Morgan fingerprint density at radius 2 is 2.00 bits per heavy atom. The van der Waals surface area contributed by atoms with Crippen LogP contribution in [0.2, 0.25) is 0 Å². The number of hydrogen-bond acceptors (Lipinski definition) is 2. The van der Waals surface area contributed by atoms with Crippen LogP contribution in [0.25, 0.3) is 11.1 Å². The molecule has 25 heavy (non-hydrogen) atoms. The van der Waals surface area contributed by atoms with Crippen LogP contribution in [0.15, 0.2) is 42.5 Å². The normalized spacial score (nSPS) is 17.5. The molecule has 1 fully saturated rings. The van der Waals surface area contributed by atoms with Crippen LogP contribution in [0.1, 0.15) is 12.8 Å². The largest absolute Gasteiger partial charge is 0.346 e. The summed E-state index contributed by atoms with van der Waals surface area (Å²) in [5, 5.41) is 2.65. The molecule has 0 radical (unpaired) electrons. The first-order valence-electron chi connectivity index (χ1n) is 8.04. The van der Waals surface area contributed by atoms with Gasteiger partial charge in [-0.05, 0) is 42.3 Å². The zero-order valence-corrected chi connectivity index (χ0v) is 13.8. The van der Waals surface area contributed by atoms with Crippen LogP contribution in [-0.2, 0) is 9.59 Å². The Balaban J connectivity index is 1.73. The molecular weight excluding hydrogens is 326 g/mol. The van der Waals surface area contributed by atoms with Gasteiger partial charge in [0.25, 0.3) is 0 Å². The Bertz CT molecular complexity index is 823. The predicted molar refractivity (Wildman–Crippen MR) is 90.8 cm³/mol. The van der Waals surface area contributed by atoms with E-state index in [2.05, 4.69) is 5.32 Å². The molecule has 0 aromatic heterocycles. The molecule has 1 atom stereocenters. The quantitative estimate of drug-likeness (QED) is 0.927. The Morgan fingerprint density at radius 3 is 2.68 bits per heavy atom. The molecule has 3 rings (SSSR count). The average Bonchev–Trinajstić information content (AvgIpc) is 2.57. The lowest BCUT2D eigenvalue weighted by Crippen LogP contribution is -2.39. The third-order valence-electron chi connectivity index (χ3n) is 4.40. The molecule has 1 aliphatic rings. The van der Waals surface area contributed by atoms with Crippen molar-refractivity contribution < 1.29 is 18.4 Å². The maximum absolute atomic E-state index is 14.3. The summed E-state index contributed by atoms with van der Waals surface area (Å²) in [6.07, 6.45) is 0.740. The third-order valence-corrected chi connectivity index (χ3v) is 4.40. The average molecular weight is 344 g/mol. The van der Waals surface area contributed by atoms with Gasteiger partial charge in [-0.15, -0.1) is 0 Å². The van der Waals surface area contributed by atoms with E-state index < -0.39 is 17.6 Å². The van der Waals surface area contributed by atoms with Gasteiger partial charge in [0, 0.05) is 37.2 Å². The number of halogens is 2. The molecule has 1 unspecified atom stereocenters. The van der Waals surface area contributed by atoms with E-state index in [1.54, 1.807) is 24.1 Å². The number of rotatable bonds is 3. The van der Waals surface area contributed by atoms with Gasteiger partial charge in [0.15, 0.2) is 0 Å². The summed E-state index contributed by atoms with van der Waals surface area (Å²) in [5.41, 5.74) is 0.997. The van der Waals surface area contributed by atoms with Crippen molar-refractivity contribution in [2.45, 2.75) is 12.8 Å². The number of anilines is 1. The highest BCUT2D eigenvalue weighted by Crippen LogP contribution is 2.27. The van der Waals surface area contributed by atoms with Gasteiger partial charge < -0.3 is 10.2 Å². The first kappa shape index (κ1) is 17.1. The third kappa shape index (κ3) is 3.84. The summed E-state index contributed by atoms with van der Waals surface area (Å²) in [4.78, 5) is 25.6. The van der Waals surface area contributed by atoms with E-state index in [0.717, 1.165) is 0 Å². The minimum Gasteiger partial charge on any atom is -0.346 e. The molecule has 0 spiro atoms. The highest BCUT2D eigenvalue weighted by molar-refractivity contribution is 5.96. The fraction of sp³-hybridized carbons (Fsp3) is 0.263. The Morgan fingerprint density at radius 1 is 1.20 bits per heavy atom. The van der Waals surface area contributed by atoms with E-state index in [1.807, 2.05) is 0 Å². The summed E-state index contributed by atoms with van der Waals surface area (Å²) < 4.78 is 27.6. The molecule has 2 aromatic rings. The molecule has 6 heteroatoms. The van der Waals surface area contributed by atoms with Crippen LogP contribution >= 0.6 is 0 Å². The Hall–Kier alpha value is -2.76. The molecule has 2 aromatic carbocycles.